The molecular weight excluding hydrogens is 466 g/mol. The van der Waals surface area contributed by atoms with Crippen molar-refractivity contribution in [2.45, 2.75) is 32.6 Å². The molecule has 3 fully saturated rings. The highest BCUT2D eigenvalue weighted by atomic mass is 32.2. The van der Waals surface area contributed by atoms with Crippen molar-refractivity contribution >= 4 is 33.3 Å². The van der Waals surface area contributed by atoms with Gasteiger partial charge in [-0.2, -0.15) is 0 Å². The molecule has 2 aromatic rings. The number of pyridine rings is 1. The van der Waals surface area contributed by atoms with Crippen LogP contribution in [0.5, 0.6) is 0 Å². The zero-order valence-electron chi connectivity index (χ0n) is 20.2. The second-order valence-corrected chi connectivity index (χ2v) is 11.6. The molecule has 1 atom stereocenters. The number of nitrogens with one attached hydrogen (secondary N) is 1. The smallest absolute Gasteiger partial charge is 0.256 e. The van der Waals surface area contributed by atoms with E-state index in [1.807, 2.05) is 20.0 Å². The second kappa shape index (κ2) is 9.14. The lowest BCUT2D eigenvalue weighted by atomic mass is 9.95. The van der Waals surface area contributed by atoms with Crippen molar-refractivity contribution in [1.82, 2.24) is 15.2 Å². The first-order valence-electron chi connectivity index (χ1n) is 12.1. The molecular formula is C25H31N5O4S. The van der Waals surface area contributed by atoms with Gasteiger partial charge >= 0.3 is 0 Å². The van der Waals surface area contributed by atoms with E-state index in [1.54, 1.807) is 23.1 Å². The summed E-state index contributed by atoms with van der Waals surface area (Å²) in [5.41, 5.74) is 3.74. The van der Waals surface area contributed by atoms with E-state index in [4.69, 9.17) is 0 Å². The number of hydrogen-bond acceptors (Lipinski definition) is 6. The summed E-state index contributed by atoms with van der Waals surface area (Å²) in [5, 5.41) is 2.83. The lowest BCUT2D eigenvalue weighted by Gasteiger charge is -2.36. The number of carbonyl (C=O) groups excluding carboxylic acids is 2. The average Bonchev–Trinajstić information content (AvgIpc) is 3.42. The highest BCUT2D eigenvalue weighted by molar-refractivity contribution is 7.93. The molecule has 186 valence electrons. The monoisotopic (exact) mass is 497 g/mol. The topological polar surface area (TPSA) is 103 Å². The Balaban J connectivity index is 1.40. The fourth-order valence-corrected chi connectivity index (χ4v) is 6.88. The minimum atomic E-state index is -3.49. The van der Waals surface area contributed by atoms with E-state index in [-0.39, 0.29) is 23.5 Å². The van der Waals surface area contributed by atoms with Gasteiger partial charge in [0.1, 0.15) is 5.82 Å². The van der Waals surface area contributed by atoms with Gasteiger partial charge in [-0.15, -0.1) is 0 Å². The summed E-state index contributed by atoms with van der Waals surface area (Å²) in [6.45, 7) is 7.35. The van der Waals surface area contributed by atoms with Crippen molar-refractivity contribution in [2.24, 2.45) is 0 Å². The highest BCUT2D eigenvalue weighted by Crippen LogP contribution is 2.34. The summed E-state index contributed by atoms with van der Waals surface area (Å²) in [5.74, 6) is 0.437. The lowest BCUT2D eigenvalue weighted by Crippen LogP contribution is -2.49. The Kier molecular flexibility index (Phi) is 6.16. The number of amides is 2. The third-order valence-electron chi connectivity index (χ3n) is 7.13. The maximum atomic E-state index is 13.6. The summed E-state index contributed by atoms with van der Waals surface area (Å²) in [4.78, 5) is 34.4. The van der Waals surface area contributed by atoms with Gasteiger partial charge in [0.05, 0.1) is 22.9 Å². The third kappa shape index (κ3) is 4.47. The van der Waals surface area contributed by atoms with E-state index < -0.39 is 10.0 Å². The Labute approximate surface area is 206 Å². The SMILES string of the molecule is Cc1cnc(N2CCN(C(=O)c3ccc(C4CCNC4=O)cc3N3CCCS3(=O)=O)CC2)c(C)c1. The minimum Gasteiger partial charge on any atom is -0.356 e. The number of piperazine rings is 1. The van der Waals surface area contributed by atoms with Crippen molar-refractivity contribution in [3.8, 4) is 0 Å². The molecule has 1 aromatic carbocycles. The summed E-state index contributed by atoms with van der Waals surface area (Å²) in [7, 11) is -3.49. The number of carbonyl (C=O) groups is 2. The number of aryl methyl sites for hydroxylation is 2. The van der Waals surface area contributed by atoms with Crippen LogP contribution in [0.1, 0.15) is 45.8 Å². The van der Waals surface area contributed by atoms with Crippen molar-refractivity contribution in [1.29, 1.82) is 0 Å². The third-order valence-corrected chi connectivity index (χ3v) is 8.98. The molecule has 0 saturated carbocycles. The van der Waals surface area contributed by atoms with E-state index >= 15 is 0 Å². The minimum absolute atomic E-state index is 0.0598. The Bertz CT molecular complexity index is 1270. The number of nitrogens with zero attached hydrogens (tertiary/aromatic N) is 4. The molecule has 1 N–H and O–H groups in total. The molecule has 5 rings (SSSR count). The molecule has 0 spiro atoms. The predicted octanol–water partition coefficient (Wildman–Crippen LogP) is 1.80. The second-order valence-electron chi connectivity index (χ2n) is 9.58. The number of anilines is 2. The lowest BCUT2D eigenvalue weighted by molar-refractivity contribution is -0.120. The van der Waals surface area contributed by atoms with Crippen molar-refractivity contribution in [3.05, 3.63) is 52.7 Å². The maximum Gasteiger partial charge on any atom is 0.256 e. The molecule has 2 amide bonds. The molecule has 3 aliphatic rings. The maximum absolute atomic E-state index is 13.6. The van der Waals surface area contributed by atoms with Gasteiger partial charge in [-0.25, -0.2) is 13.4 Å². The van der Waals surface area contributed by atoms with E-state index in [0.717, 1.165) is 22.5 Å². The van der Waals surface area contributed by atoms with Gasteiger partial charge in [0, 0.05) is 45.5 Å². The molecule has 10 heteroatoms. The van der Waals surface area contributed by atoms with E-state index in [2.05, 4.69) is 21.3 Å². The standard InChI is InChI=1S/C25H31N5O4S/c1-17-14-18(2)23(27-16-17)28-9-11-29(12-10-28)25(32)21-5-4-19(20-6-7-26-24(20)31)15-22(21)30-8-3-13-35(30,33)34/h4-5,14-16,20H,3,6-13H2,1-2H3,(H,26,31). The van der Waals surface area contributed by atoms with Gasteiger partial charge < -0.3 is 15.1 Å². The number of rotatable bonds is 4. The number of hydrogen-bond donors (Lipinski definition) is 1. The highest BCUT2D eigenvalue weighted by Gasteiger charge is 2.35. The first-order valence-corrected chi connectivity index (χ1v) is 13.7. The van der Waals surface area contributed by atoms with Crippen molar-refractivity contribution in [3.63, 3.8) is 0 Å². The normalized spacial score (nSPS) is 21.9. The van der Waals surface area contributed by atoms with Crippen LogP contribution in [-0.4, -0.2) is 75.1 Å². The van der Waals surface area contributed by atoms with Crippen LogP contribution >= 0.6 is 0 Å². The van der Waals surface area contributed by atoms with Gasteiger partial charge in [-0.3, -0.25) is 13.9 Å². The first-order chi connectivity index (χ1) is 16.7. The van der Waals surface area contributed by atoms with Gasteiger partial charge in [0.15, 0.2) is 0 Å². The molecule has 0 aliphatic carbocycles. The van der Waals surface area contributed by atoms with Crippen LogP contribution in [0, 0.1) is 13.8 Å². The van der Waals surface area contributed by atoms with Gasteiger partial charge in [0.2, 0.25) is 15.9 Å². The Morgan fingerprint density at radius 1 is 1.09 bits per heavy atom. The van der Waals surface area contributed by atoms with Crippen molar-refractivity contribution in [2.75, 3.05) is 54.2 Å². The van der Waals surface area contributed by atoms with Crippen LogP contribution in [0.4, 0.5) is 11.5 Å². The molecule has 3 saturated heterocycles. The summed E-state index contributed by atoms with van der Waals surface area (Å²) in [6, 6.07) is 7.34. The molecule has 0 bridgehead atoms. The molecule has 1 unspecified atom stereocenters. The molecule has 4 heterocycles. The van der Waals surface area contributed by atoms with Crippen LogP contribution in [-0.2, 0) is 14.8 Å². The van der Waals surface area contributed by atoms with Crippen LogP contribution in [0.15, 0.2) is 30.5 Å². The van der Waals surface area contributed by atoms with Gasteiger partial charge in [0.25, 0.3) is 5.91 Å². The molecule has 1 aromatic heterocycles. The van der Waals surface area contributed by atoms with E-state index in [1.165, 1.54) is 4.31 Å². The first kappa shape index (κ1) is 23.6. The van der Waals surface area contributed by atoms with Gasteiger partial charge in [-0.1, -0.05) is 12.1 Å². The van der Waals surface area contributed by atoms with Crippen molar-refractivity contribution < 1.29 is 18.0 Å². The van der Waals surface area contributed by atoms with Crippen LogP contribution in [0.2, 0.25) is 0 Å². The largest absolute Gasteiger partial charge is 0.356 e. The van der Waals surface area contributed by atoms with Crippen LogP contribution < -0.4 is 14.5 Å². The van der Waals surface area contributed by atoms with Crippen LogP contribution in [0.25, 0.3) is 0 Å². The molecule has 3 aliphatic heterocycles. The average molecular weight is 498 g/mol. The zero-order chi connectivity index (χ0) is 24.7. The van der Waals surface area contributed by atoms with E-state index in [9.17, 15) is 18.0 Å². The zero-order valence-corrected chi connectivity index (χ0v) is 21.0. The fraction of sp³-hybridized carbons (Fsp3) is 0.480. The summed E-state index contributed by atoms with van der Waals surface area (Å²) >= 11 is 0. The number of benzene rings is 1. The molecule has 9 nitrogen and oxygen atoms in total. The van der Waals surface area contributed by atoms with Gasteiger partial charge in [-0.05, 0) is 55.5 Å². The molecule has 35 heavy (non-hydrogen) atoms. The van der Waals surface area contributed by atoms with Crippen LogP contribution in [0.3, 0.4) is 0 Å². The summed E-state index contributed by atoms with van der Waals surface area (Å²) < 4.78 is 26.9. The fourth-order valence-electron chi connectivity index (χ4n) is 5.31. The van der Waals surface area contributed by atoms with E-state index in [0.29, 0.717) is 63.4 Å². The Morgan fingerprint density at radius 3 is 2.49 bits per heavy atom. The molecule has 0 radical (unpaired) electrons. The Morgan fingerprint density at radius 2 is 1.86 bits per heavy atom. The Hall–Kier alpha value is -3.14. The quantitative estimate of drug-likeness (QED) is 0.691. The number of sulfonamides is 1. The summed E-state index contributed by atoms with van der Waals surface area (Å²) in [6.07, 6.45) is 3.03. The number of aromatic nitrogens is 1. The predicted molar refractivity (Wildman–Crippen MR) is 134 cm³/mol.